The van der Waals surface area contributed by atoms with Crippen molar-refractivity contribution in [3.8, 4) is 0 Å². The van der Waals surface area contributed by atoms with E-state index in [0.717, 1.165) is 4.90 Å². The number of Topliss-reactive ketones (excluding diaryl/α,β-unsaturated/α-hetero) is 5. The molecule has 0 bridgehead atoms. The maximum Gasteiger partial charge on any atom is 0.472 e. The van der Waals surface area contributed by atoms with Gasteiger partial charge in [-0.1, -0.05) is 47.5 Å². The molecule has 7 rings (SSSR count). The molecular weight excluding hydrogens is 1740 g/mol. The lowest BCUT2D eigenvalue weighted by Gasteiger charge is -2.40. The van der Waals surface area contributed by atoms with E-state index in [1.165, 1.54) is 26.5 Å². The Kier molecular flexibility index (Phi) is 48.7. The van der Waals surface area contributed by atoms with Gasteiger partial charge in [0.2, 0.25) is 17.7 Å². The van der Waals surface area contributed by atoms with Crippen molar-refractivity contribution < 1.29 is 165 Å². The number of rotatable bonds is 66. The van der Waals surface area contributed by atoms with Crippen molar-refractivity contribution in [3.63, 3.8) is 0 Å². The summed E-state index contributed by atoms with van der Waals surface area (Å²) in [6.07, 6.45) is -4.32. The highest BCUT2D eigenvalue weighted by molar-refractivity contribution is 7.53. The summed E-state index contributed by atoms with van der Waals surface area (Å²) in [5.74, 6) is -4.79. The van der Waals surface area contributed by atoms with Crippen LogP contribution in [0.3, 0.4) is 0 Å². The van der Waals surface area contributed by atoms with Crippen LogP contribution in [0, 0.1) is 23.7 Å². The number of hydrogen-bond donors (Lipinski definition) is 15. The molecule has 3 amide bonds. The number of amides is 3. The van der Waals surface area contributed by atoms with Gasteiger partial charge >= 0.3 is 15.4 Å². The van der Waals surface area contributed by atoms with Crippen LogP contribution in [0.15, 0.2) is 12.7 Å². The molecule has 6 heterocycles. The molecule has 2 aromatic heterocycles. The number of hydrogen-bond acceptors (Lipinski definition) is 36. The average molecular weight is 1880 g/mol. The molecule has 42 nitrogen and oxygen atoms in total. The Hall–Kier alpha value is -5.39. The predicted octanol–water partition coefficient (Wildman–Crippen LogP) is 2.72. The topological polar surface area (TPSA) is 621 Å². The van der Waals surface area contributed by atoms with E-state index in [1.807, 2.05) is 0 Å². The number of nitrogens with zero attached hydrogens (tertiary/aromatic N) is 5. The lowest BCUT2D eigenvalue weighted by molar-refractivity contribution is -0.282. The van der Waals surface area contributed by atoms with Crippen LogP contribution < -0.4 is 16.4 Å². The molecule has 44 heteroatoms. The first-order valence-corrected chi connectivity index (χ1v) is 48.8. The zero-order valence-corrected chi connectivity index (χ0v) is 76.9. The van der Waals surface area contributed by atoms with E-state index >= 15 is 0 Å². The Balaban J connectivity index is 0.953. The molecule has 4 aliphatic heterocycles. The minimum atomic E-state index is -5.10. The number of nitrogen functional groups attached to an aromatic ring is 1. The summed E-state index contributed by atoms with van der Waals surface area (Å²) in [5, 5.41) is 107. The summed E-state index contributed by atoms with van der Waals surface area (Å²) < 4.78 is 98.2. The molecular formula is C85H144N8O34P2. The van der Waals surface area contributed by atoms with Crippen LogP contribution >= 0.6 is 15.4 Å². The molecule has 0 spiro atoms. The third-order valence-corrected chi connectivity index (χ3v) is 27.1. The van der Waals surface area contributed by atoms with Gasteiger partial charge in [0.1, 0.15) is 89.3 Å². The number of likely N-dealkylation sites (tertiary alicyclic amines) is 1. The van der Waals surface area contributed by atoms with Crippen LogP contribution in [0.5, 0.6) is 0 Å². The summed E-state index contributed by atoms with van der Waals surface area (Å²) in [6, 6.07) is -1.61. The number of ketones is 5. The van der Waals surface area contributed by atoms with Crippen LogP contribution in [0.2, 0.25) is 0 Å². The second-order valence-corrected chi connectivity index (χ2v) is 39.0. The molecule has 4 saturated heterocycles. The standard InChI is InChI=1S/C85H144N8O34P2/c1-53(2)128(112,113)122-46-57-38-58(93-52-90-73-80(86)88-51-89-81(73)93)40-66(57)127-129(114,115)123-47-59-39-65(102)42-92(59)72(105)41-71(104)91-85(48-116-35-28-63(100)22-10-6-8-20-60(97)25-13-17-32-119-82-54(3)74(106)77(109)67(43-94)124-82,49-117-36-29-64(101)23-11-7-9-21-61(98)26-14-18-33-120-83-55(4)75(107)78(110)68(44-95)125-83)50-118-37-30-70(103)87-31-16-12-24-62(99)27-15-19-34-121-84-56(5)76(108)79(111)69(45-96)126-84/h51-59,65-69,74-79,82-84,94-96,102,106-111H,6-50H2,1-5H3,(H,87,103)(H,91,104)(H,112,113)(H,114,115)(H2,86,88,89)/t54?,55?,56?,57-,58-,59+,65-,66+,67?,68?,69?,74-,75-,76-,77+,78+,79+,82-,83-,84-,85?/m1/s1. The van der Waals surface area contributed by atoms with Crippen molar-refractivity contribution in [2.75, 3.05) is 111 Å². The summed E-state index contributed by atoms with van der Waals surface area (Å²) >= 11 is 0. The Morgan fingerprint density at radius 1 is 0.519 bits per heavy atom. The van der Waals surface area contributed by atoms with E-state index in [0.29, 0.717) is 127 Å². The highest BCUT2D eigenvalue weighted by Gasteiger charge is 2.48. The van der Waals surface area contributed by atoms with E-state index in [9.17, 15) is 108 Å². The van der Waals surface area contributed by atoms with Crippen molar-refractivity contribution in [1.29, 1.82) is 0 Å². The van der Waals surface area contributed by atoms with Crippen LogP contribution in [-0.2, 0) is 104 Å². The Morgan fingerprint density at radius 2 is 0.946 bits per heavy atom. The number of unbranched alkanes of at least 4 members (excludes halogenated alkanes) is 8. The third-order valence-electron chi connectivity index (χ3n) is 24.3. The van der Waals surface area contributed by atoms with Crippen LogP contribution in [0.4, 0.5) is 5.82 Å². The van der Waals surface area contributed by atoms with Crippen molar-refractivity contribution in [2.45, 2.75) is 330 Å². The second-order valence-electron chi connectivity index (χ2n) is 35.1. The average Bonchev–Trinajstić information content (AvgIpc) is 1.63. The highest BCUT2D eigenvalue weighted by Crippen LogP contribution is 2.53. The van der Waals surface area contributed by atoms with Gasteiger partial charge in [-0.3, -0.25) is 52.0 Å². The van der Waals surface area contributed by atoms with Gasteiger partial charge in [-0.2, -0.15) is 0 Å². The van der Waals surface area contributed by atoms with E-state index in [1.54, 1.807) is 25.3 Å². The number of carbonyl (C=O) groups excluding carboxylic acids is 8. The number of fused-ring (bicyclic) bond motifs is 1. The zero-order valence-electron chi connectivity index (χ0n) is 75.2. The monoisotopic (exact) mass is 1880 g/mol. The first kappa shape index (κ1) is 111. The smallest absolute Gasteiger partial charge is 0.394 e. The molecule has 2 aromatic rings. The van der Waals surface area contributed by atoms with Gasteiger partial charge in [0.05, 0.1) is 121 Å². The van der Waals surface area contributed by atoms with E-state index < -0.39 is 219 Å². The summed E-state index contributed by atoms with van der Waals surface area (Å²) in [6.45, 7) is 4.12. The number of carbonyl (C=O) groups is 8. The summed E-state index contributed by atoms with van der Waals surface area (Å²) in [7, 11) is -9.25. The van der Waals surface area contributed by atoms with Gasteiger partial charge in [0.15, 0.2) is 30.3 Å². The van der Waals surface area contributed by atoms with Gasteiger partial charge in [-0.25, -0.2) is 19.5 Å². The summed E-state index contributed by atoms with van der Waals surface area (Å²) in [4.78, 5) is 143. The molecule has 8 unspecified atom stereocenters. The van der Waals surface area contributed by atoms with Gasteiger partial charge < -0.3 is 134 Å². The highest BCUT2D eigenvalue weighted by atomic mass is 31.2. The molecule has 1 aliphatic carbocycles. The third kappa shape index (κ3) is 37.0. The summed E-state index contributed by atoms with van der Waals surface area (Å²) in [5.41, 5.74) is 4.22. The largest absolute Gasteiger partial charge is 0.472 e. The molecule has 5 fully saturated rings. The van der Waals surface area contributed by atoms with Crippen molar-refractivity contribution in [2.24, 2.45) is 23.7 Å². The Labute approximate surface area is 753 Å². The quantitative estimate of drug-likeness (QED) is 0.0257. The van der Waals surface area contributed by atoms with Crippen LogP contribution in [0.1, 0.15) is 227 Å². The molecule has 16 N–H and O–H groups in total. The number of phosphoric acid groups is 1. The maximum atomic E-state index is 14.6. The number of β-amino-alcohol motifs (C(OH)–C–C–N with tert-alkyl or cyclic N) is 1. The van der Waals surface area contributed by atoms with E-state index in [-0.39, 0.29) is 158 Å². The predicted molar refractivity (Wildman–Crippen MR) is 459 cm³/mol. The fourth-order valence-electron chi connectivity index (χ4n) is 16.1. The Morgan fingerprint density at radius 3 is 1.39 bits per heavy atom. The van der Waals surface area contributed by atoms with Gasteiger partial charge in [0, 0.05) is 133 Å². The molecule has 5 aliphatic rings. The van der Waals surface area contributed by atoms with Crippen molar-refractivity contribution in [1.82, 2.24) is 35.1 Å². The molecule has 22 atom stereocenters. The number of nitrogens with one attached hydrogen (secondary N) is 2. The number of aliphatic hydroxyl groups excluding tert-OH is 10. The van der Waals surface area contributed by atoms with E-state index in [4.69, 9.17) is 61.9 Å². The number of imidazole rings is 1. The second kappa shape index (κ2) is 56.8. The fraction of sp³-hybridized carbons (Fsp3) is 0.847. The lowest BCUT2D eigenvalue weighted by atomic mass is 9.92. The molecule has 0 aromatic carbocycles. The zero-order chi connectivity index (χ0) is 94.4. The molecule has 738 valence electrons. The van der Waals surface area contributed by atoms with Crippen LogP contribution in [-0.4, -0.2) is 341 Å². The van der Waals surface area contributed by atoms with Crippen LogP contribution in [0.25, 0.3) is 11.2 Å². The fourth-order valence-corrected chi connectivity index (χ4v) is 17.8. The van der Waals surface area contributed by atoms with E-state index in [2.05, 4.69) is 25.6 Å². The van der Waals surface area contributed by atoms with Gasteiger partial charge in [-0.15, -0.1) is 0 Å². The number of nitrogens with two attached hydrogens (primary N) is 1. The first-order chi connectivity index (χ1) is 61.5. The van der Waals surface area contributed by atoms with Crippen molar-refractivity contribution in [3.05, 3.63) is 12.7 Å². The number of phosphoric ester groups is 1. The number of aliphatic hydroxyl groups is 10. The van der Waals surface area contributed by atoms with Crippen molar-refractivity contribution >= 4 is 79.0 Å². The lowest BCUT2D eigenvalue weighted by Crippen LogP contribution is -2.59. The normalized spacial score (nSPS) is 28.1. The van der Waals surface area contributed by atoms with Gasteiger partial charge in [0.25, 0.3) is 0 Å². The number of aromatic nitrogens is 4. The SMILES string of the molecule is CC1[C@H](OCCCCC(=O)CCCCCC(=O)CCOCC(COCCC(=O)CCCCCC(=O)CCCCO[C@@H]2OC(CO)[C@H](O)[C@H](O)C2C)(COCCC(=O)NCCCCC(=O)CCCCO[C@@H]2OC(CO)[C@H](O)[C@H](O)C2C)NC(=O)CC(=O)N2C[C@H](O)C[C@H]2COP(=O)(O)O[C@H]2C[C@H](n3cnc4c(N)ncnc43)C[C@@H]2COP(=O)(O)C(C)C)OC(CO)[C@H](O)[C@@H]1O. The molecule has 0 radical (unpaired) electrons. The minimum Gasteiger partial charge on any atom is -0.394 e. The van der Waals surface area contributed by atoms with Gasteiger partial charge in [-0.05, 0) is 96.3 Å². The minimum absolute atomic E-state index is 0.00774. The first-order valence-electron chi connectivity index (χ1n) is 45.6. The maximum absolute atomic E-state index is 14.6. The number of anilines is 1. The molecule has 1 saturated carbocycles. The Bertz CT molecular complexity index is 3620. The number of ether oxygens (including phenoxy) is 9. The molecule has 129 heavy (non-hydrogen) atoms.